The summed E-state index contributed by atoms with van der Waals surface area (Å²) in [6, 6.07) is 14.6. The number of hydrogen-bond donors (Lipinski definition) is 2. The zero-order chi connectivity index (χ0) is 23.9. The third-order valence-corrected chi connectivity index (χ3v) is 6.57. The Labute approximate surface area is 191 Å². The van der Waals surface area contributed by atoms with Gasteiger partial charge in [0.2, 0.25) is 10.0 Å². The molecule has 3 N–H and O–H groups in total. The number of pyridine rings is 1. The van der Waals surface area contributed by atoms with E-state index in [1.165, 1.54) is 35.4 Å². The number of nitrogens with two attached hydrogens (primary N) is 1. The third-order valence-electron chi connectivity index (χ3n) is 5.64. The zero-order valence-corrected chi connectivity index (χ0v) is 18.7. The lowest BCUT2D eigenvalue weighted by Crippen LogP contribution is -2.29. The van der Waals surface area contributed by atoms with E-state index in [-0.39, 0.29) is 21.9 Å². The fraction of sp³-hybridized carbons (Fsp3) is 0.125. The standard InChI is InChI=1S/C24H21N3O5S/c1-14-6-7-16(13-15(14)2)22(28)20-21(19-5-3-4-12-26-19)27(24(30)23(20)29)17-8-10-18(11-9-17)33(25,31)32/h3-13,21,28H,1-2H3,(H2,25,31,32)/b22-20+. The molecule has 1 amide bonds. The molecular weight excluding hydrogens is 442 g/mol. The molecule has 0 bridgehead atoms. The van der Waals surface area contributed by atoms with Gasteiger partial charge < -0.3 is 5.11 Å². The molecule has 8 nitrogen and oxygen atoms in total. The second-order valence-corrected chi connectivity index (χ2v) is 9.32. The minimum atomic E-state index is -3.93. The van der Waals surface area contributed by atoms with Crippen LogP contribution in [-0.2, 0) is 19.6 Å². The van der Waals surface area contributed by atoms with Gasteiger partial charge >= 0.3 is 0 Å². The average Bonchev–Trinajstić information content (AvgIpc) is 3.06. The number of sulfonamides is 1. The predicted molar refractivity (Wildman–Crippen MR) is 123 cm³/mol. The summed E-state index contributed by atoms with van der Waals surface area (Å²) >= 11 is 0. The highest BCUT2D eigenvalue weighted by molar-refractivity contribution is 7.89. The van der Waals surface area contributed by atoms with E-state index in [1.807, 2.05) is 19.9 Å². The van der Waals surface area contributed by atoms with Crippen LogP contribution in [0.5, 0.6) is 0 Å². The van der Waals surface area contributed by atoms with Gasteiger partial charge in [-0.15, -0.1) is 0 Å². The van der Waals surface area contributed by atoms with E-state index in [1.54, 1.807) is 30.3 Å². The molecule has 1 fully saturated rings. The summed E-state index contributed by atoms with van der Waals surface area (Å²) < 4.78 is 23.2. The number of aryl methyl sites for hydroxylation is 2. The summed E-state index contributed by atoms with van der Waals surface area (Å²) in [6.07, 6.45) is 1.52. The van der Waals surface area contributed by atoms with E-state index < -0.39 is 27.8 Å². The Bertz CT molecular complexity index is 1400. The maximum atomic E-state index is 13.1. The van der Waals surface area contributed by atoms with E-state index >= 15 is 0 Å². The SMILES string of the molecule is Cc1ccc(/C(O)=C2\C(=O)C(=O)N(c3ccc(S(N)(=O)=O)cc3)C2c2ccccn2)cc1C. The lowest BCUT2D eigenvalue weighted by Gasteiger charge is -2.24. The maximum absolute atomic E-state index is 13.1. The number of aromatic nitrogens is 1. The smallest absolute Gasteiger partial charge is 0.300 e. The summed E-state index contributed by atoms with van der Waals surface area (Å²) in [4.78, 5) is 31.6. The van der Waals surface area contributed by atoms with Gasteiger partial charge in [0.1, 0.15) is 11.8 Å². The lowest BCUT2D eigenvalue weighted by molar-refractivity contribution is -0.132. The number of carbonyl (C=O) groups is 2. The molecule has 0 saturated carbocycles. The molecule has 1 aliphatic rings. The third kappa shape index (κ3) is 4.04. The van der Waals surface area contributed by atoms with Crippen molar-refractivity contribution in [3.63, 3.8) is 0 Å². The van der Waals surface area contributed by atoms with Crippen LogP contribution in [0.1, 0.15) is 28.4 Å². The van der Waals surface area contributed by atoms with Crippen LogP contribution in [0.4, 0.5) is 5.69 Å². The second kappa shape index (κ2) is 8.27. The van der Waals surface area contributed by atoms with E-state index in [2.05, 4.69) is 4.98 Å². The van der Waals surface area contributed by atoms with Crippen LogP contribution in [-0.4, -0.2) is 30.2 Å². The first kappa shape index (κ1) is 22.4. The molecule has 1 aliphatic heterocycles. The van der Waals surface area contributed by atoms with Crippen LogP contribution >= 0.6 is 0 Å². The first-order valence-electron chi connectivity index (χ1n) is 10.0. The van der Waals surface area contributed by atoms with Gasteiger partial charge in [0, 0.05) is 17.4 Å². The van der Waals surface area contributed by atoms with Gasteiger partial charge in [-0.05, 0) is 67.4 Å². The molecule has 2 heterocycles. The Morgan fingerprint density at radius 3 is 2.27 bits per heavy atom. The summed E-state index contributed by atoms with van der Waals surface area (Å²) in [6.45, 7) is 3.81. The fourth-order valence-corrected chi connectivity index (χ4v) is 4.27. The predicted octanol–water partition coefficient (Wildman–Crippen LogP) is 2.97. The minimum absolute atomic E-state index is 0.0996. The van der Waals surface area contributed by atoms with Crippen molar-refractivity contribution in [3.05, 3.63) is 94.8 Å². The van der Waals surface area contributed by atoms with E-state index in [0.717, 1.165) is 11.1 Å². The molecule has 1 saturated heterocycles. The first-order chi connectivity index (χ1) is 15.6. The normalized spacial score (nSPS) is 18.0. The minimum Gasteiger partial charge on any atom is -0.507 e. The van der Waals surface area contributed by atoms with Crippen molar-refractivity contribution in [3.8, 4) is 0 Å². The quantitative estimate of drug-likeness (QED) is 0.347. The number of ketones is 1. The molecule has 4 rings (SSSR count). The van der Waals surface area contributed by atoms with Crippen molar-refractivity contribution >= 4 is 33.2 Å². The van der Waals surface area contributed by atoms with Crippen LogP contribution in [0, 0.1) is 13.8 Å². The number of hydrogen-bond acceptors (Lipinski definition) is 6. The number of rotatable bonds is 4. The molecule has 1 atom stereocenters. The highest BCUT2D eigenvalue weighted by atomic mass is 32.2. The van der Waals surface area contributed by atoms with Crippen molar-refractivity contribution in [2.45, 2.75) is 24.8 Å². The molecule has 1 unspecified atom stereocenters. The van der Waals surface area contributed by atoms with Crippen molar-refractivity contribution < 1.29 is 23.1 Å². The van der Waals surface area contributed by atoms with Gasteiger partial charge in [0.25, 0.3) is 11.7 Å². The molecule has 0 radical (unpaired) electrons. The van der Waals surface area contributed by atoms with Crippen LogP contribution in [0.2, 0.25) is 0 Å². The number of anilines is 1. The molecule has 2 aromatic carbocycles. The number of carbonyl (C=O) groups excluding carboxylic acids is 2. The monoisotopic (exact) mass is 463 g/mol. The summed E-state index contributed by atoms with van der Waals surface area (Å²) in [5.74, 6) is -2.04. The average molecular weight is 464 g/mol. The Morgan fingerprint density at radius 2 is 1.70 bits per heavy atom. The first-order valence-corrected chi connectivity index (χ1v) is 11.6. The lowest BCUT2D eigenvalue weighted by atomic mass is 9.96. The van der Waals surface area contributed by atoms with Crippen LogP contribution < -0.4 is 10.0 Å². The molecule has 33 heavy (non-hydrogen) atoms. The van der Waals surface area contributed by atoms with Gasteiger partial charge in [-0.1, -0.05) is 18.2 Å². The molecule has 0 aliphatic carbocycles. The number of primary sulfonamides is 1. The Morgan fingerprint density at radius 1 is 1.00 bits per heavy atom. The highest BCUT2D eigenvalue weighted by Crippen LogP contribution is 2.41. The topological polar surface area (TPSA) is 131 Å². The van der Waals surface area contributed by atoms with Crippen molar-refractivity contribution in [1.29, 1.82) is 0 Å². The van der Waals surface area contributed by atoms with Crippen molar-refractivity contribution in [1.82, 2.24) is 4.98 Å². The summed E-state index contributed by atoms with van der Waals surface area (Å²) in [5.41, 5.74) is 2.88. The van der Waals surface area contributed by atoms with Crippen LogP contribution in [0.3, 0.4) is 0 Å². The number of Topliss-reactive ketones (excluding diaryl/α,β-unsaturated/α-hetero) is 1. The van der Waals surface area contributed by atoms with E-state index in [0.29, 0.717) is 11.3 Å². The van der Waals surface area contributed by atoms with Gasteiger partial charge in [-0.3, -0.25) is 19.5 Å². The number of benzene rings is 2. The number of nitrogens with zero attached hydrogens (tertiary/aromatic N) is 2. The van der Waals surface area contributed by atoms with Gasteiger partial charge in [0.05, 0.1) is 16.2 Å². The molecule has 9 heteroatoms. The summed E-state index contributed by atoms with van der Waals surface area (Å²) in [7, 11) is -3.93. The molecule has 168 valence electrons. The highest BCUT2D eigenvalue weighted by Gasteiger charge is 2.47. The van der Waals surface area contributed by atoms with E-state index in [9.17, 15) is 23.1 Å². The molecule has 0 spiro atoms. The largest absolute Gasteiger partial charge is 0.507 e. The van der Waals surface area contributed by atoms with Crippen molar-refractivity contribution in [2.24, 2.45) is 5.14 Å². The Kier molecular flexibility index (Phi) is 5.61. The van der Waals surface area contributed by atoms with Crippen LogP contribution in [0.15, 0.2) is 77.3 Å². The van der Waals surface area contributed by atoms with Crippen molar-refractivity contribution in [2.75, 3.05) is 4.90 Å². The number of aliphatic hydroxyl groups is 1. The fourth-order valence-electron chi connectivity index (χ4n) is 3.76. The molecule has 3 aromatic rings. The maximum Gasteiger partial charge on any atom is 0.300 e. The second-order valence-electron chi connectivity index (χ2n) is 7.76. The number of amides is 1. The Balaban J connectivity index is 1.92. The van der Waals surface area contributed by atoms with E-state index in [4.69, 9.17) is 5.14 Å². The Hall–Kier alpha value is -3.82. The van der Waals surface area contributed by atoms with Gasteiger partial charge in [-0.2, -0.15) is 0 Å². The zero-order valence-electron chi connectivity index (χ0n) is 17.9. The molecular formula is C24H21N3O5S. The molecule has 1 aromatic heterocycles. The van der Waals surface area contributed by atoms with Gasteiger partial charge in [-0.25, -0.2) is 13.6 Å². The summed E-state index contributed by atoms with van der Waals surface area (Å²) in [5, 5.41) is 16.3. The number of aliphatic hydroxyl groups excluding tert-OH is 1. The van der Waals surface area contributed by atoms with Gasteiger partial charge in [0.15, 0.2) is 0 Å². The van der Waals surface area contributed by atoms with Crippen LogP contribution in [0.25, 0.3) is 5.76 Å².